The van der Waals surface area contributed by atoms with Crippen LogP contribution in [0.2, 0.25) is 0 Å². The highest BCUT2D eigenvalue weighted by molar-refractivity contribution is 7.80. The lowest BCUT2D eigenvalue weighted by Gasteiger charge is -2.24. The van der Waals surface area contributed by atoms with Gasteiger partial charge >= 0.3 is 0 Å². The van der Waals surface area contributed by atoms with Crippen LogP contribution in [0, 0.1) is 0 Å². The van der Waals surface area contributed by atoms with E-state index in [1.54, 1.807) is 18.6 Å². The third-order valence-electron chi connectivity index (χ3n) is 4.66. The van der Waals surface area contributed by atoms with Crippen molar-refractivity contribution in [2.75, 3.05) is 0 Å². The molecule has 0 amide bonds. The quantitative estimate of drug-likeness (QED) is 0.265. The van der Waals surface area contributed by atoms with Crippen molar-refractivity contribution in [2.24, 2.45) is 5.10 Å². The number of aromatic nitrogens is 3. The molecule has 3 heterocycles. The lowest BCUT2D eigenvalue weighted by molar-refractivity contribution is 0.390. The molecule has 0 atom stereocenters. The van der Waals surface area contributed by atoms with Crippen LogP contribution in [-0.4, -0.2) is 30.7 Å². The van der Waals surface area contributed by atoms with Crippen LogP contribution in [0.15, 0.2) is 109 Å². The van der Waals surface area contributed by atoms with E-state index in [0.29, 0.717) is 23.9 Å². The molecule has 0 bridgehead atoms. The molecule has 0 radical (unpaired) electrons. The summed E-state index contributed by atoms with van der Waals surface area (Å²) in [6, 6.07) is 27.3. The van der Waals surface area contributed by atoms with Gasteiger partial charge in [0.2, 0.25) is 0 Å². The zero-order valence-corrected chi connectivity index (χ0v) is 18.2. The molecule has 4 aromatic rings. The first-order valence-electron chi connectivity index (χ1n) is 10.2. The number of hydrazone groups is 1. The van der Waals surface area contributed by atoms with Crippen molar-refractivity contribution in [3.8, 4) is 0 Å². The second-order valence-corrected chi connectivity index (χ2v) is 7.34. The maximum atomic E-state index is 5.72. The van der Waals surface area contributed by atoms with E-state index < -0.39 is 0 Å². The fourth-order valence-corrected chi connectivity index (χ4v) is 3.29. The average Bonchev–Trinajstić information content (AvgIpc) is 2.86. The van der Waals surface area contributed by atoms with E-state index in [4.69, 9.17) is 12.2 Å². The van der Waals surface area contributed by atoms with Crippen molar-refractivity contribution in [1.82, 2.24) is 25.3 Å². The number of pyridine rings is 3. The summed E-state index contributed by atoms with van der Waals surface area (Å²) in [5, 5.41) is 5.13. The van der Waals surface area contributed by atoms with E-state index >= 15 is 0 Å². The zero-order valence-electron chi connectivity index (χ0n) is 17.4. The molecule has 6 nitrogen and oxygen atoms in total. The standard InChI is InChI=1S/C25H22N6S/c32-25(30-29-24(20-10-2-1-3-11-20)23-14-6-9-17-28-23)31(18-21-12-4-7-15-26-21)19-22-13-5-8-16-27-22/h1-17H,18-19H2,(H,30,32)/b29-24-. The lowest BCUT2D eigenvalue weighted by atomic mass is 10.1. The lowest BCUT2D eigenvalue weighted by Crippen LogP contribution is -2.37. The summed E-state index contributed by atoms with van der Waals surface area (Å²) < 4.78 is 0. The molecule has 0 spiro atoms. The summed E-state index contributed by atoms with van der Waals surface area (Å²) in [5.41, 5.74) is 7.30. The molecule has 1 aromatic carbocycles. The van der Waals surface area contributed by atoms with Crippen molar-refractivity contribution < 1.29 is 0 Å². The van der Waals surface area contributed by atoms with Crippen LogP contribution >= 0.6 is 12.2 Å². The molecule has 0 aliphatic carbocycles. The van der Waals surface area contributed by atoms with Crippen LogP contribution in [0.5, 0.6) is 0 Å². The number of hydrogen-bond donors (Lipinski definition) is 1. The number of benzene rings is 1. The van der Waals surface area contributed by atoms with Crippen LogP contribution in [-0.2, 0) is 13.1 Å². The molecule has 3 aromatic heterocycles. The molecule has 0 saturated carbocycles. The Labute approximate surface area is 192 Å². The van der Waals surface area contributed by atoms with E-state index in [1.807, 2.05) is 89.8 Å². The van der Waals surface area contributed by atoms with Gasteiger partial charge in [-0.2, -0.15) is 5.10 Å². The van der Waals surface area contributed by atoms with Gasteiger partial charge in [-0.25, -0.2) is 0 Å². The van der Waals surface area contributed by atoms with Crippen molar-refractivity contribution in [2.45, 2.75) is 13.1 Å². The monoisotopic (exact) mass is 438 g/mol. The predicted molar refractivity (Wildman–Crippen MR) is 130 cm³/mol. The highest BCUT2D eigenvalue weighted by Gasteiger charge is 2.14. The van der Waals surface area contributed by atoms with Crippen molar-refractivity contribution in [3.63, 3.8) is 0 Å². The van der Waals surface area contributed by atoms with Crippen LogP contribution < -0.4 is 5.43 Å². The van der Waals surface area contributed by atoms with Gasteiger partial charge in [0, 0.05) is 24.2 Å². The largest absolute Gasteiger partial charge is 0.336 e. The normalized spacial score (nSPS) is 11.1. The van der Waals surface area contributed by atoms with E-state index in [1.165, 1.54) is 0 Å². The number of nitrogens with zero attached hydrogens (tertiary/aromatic N) is 5. The molecule has 4 rings (SSSR count). The minimum atomic E-state index is 0.477. The van der Waals surface area contributed by atoms with Gasteiger partial charge in [-0.15, -0.1) is 0 Å². The fourth-order valence-electron chi connectivity index (χ4n) is 3.12. The van der Waals surface area contributed by atoms with Gasteiger partial charge in [0.1, 0.15) is 5.71 Å². The summed E-state index contributed by atoms with van der Waals surface area (Å²) in [5.74, 6) is 0. The van der Waals surface area contributed by atoms with E-state index in [9.17, 15) is 0 Å². The fraction of sp³-hybridized carbons (Fsp3) is 0.0800. The summed E-state index contributed by atoms with van der Waals surface area (Å²) in [6.07, 6.45) is 5.30. The minimum absolute atomic E-state index is 0.477. The number of nitrogens with one attached hydrogen (secondary N) is 1. The summed E-state index contributed by atoms with van der Waals surface area (Å²) in [6.45, 7) is 1.06. The molecule has 0 saturated heterocycles. The second-order valence-electron chi connectivity index (χ2n) is 6.96. The third kappa shape index (κ3) is 5.80. The van der Waals surface area contributed by atoms with E-state index in [2.05, 4.69) is 25.5 Å². The molecule has 7 heteroatoms. The Morgan fingerprint density at radius 3 is 1.81 bits per heavy atom. The Bertz CT molecular complexity index is 1070. The van der Waals surface area contributed by atoms with Gasteiger partial charge in [0.25, 0.3) is 0 Å². The Morgan fingerprint density at radius 2 is 1.28 bits per heavy atom. The Hall–Kier alpha value is -3.97. The van der Waals surface area contributed by atoms with Crippen LogP contribution in [0.4, 0.5) is 0 Å². The van der Waals surface area contributed by atoms with Crippen LogP contribution in [0.25, 0.3) is 0 Å². The topological polar surface area (TPSA) is 66.3 Å². The number of rotatable bonds is 7. The van der Waals surface area contributed by atoms with Crippen molar-refractivity contribution in [3.05, 3.63) is 126 Å². The molecule has 1 N–H and O–H groups in total. The number of hydrogen-bond acceptors (Lipinski definition) is 5. The summed E-state index contributed by atoms with van der Waals surface area (Å²) in [7, 11) is 0. The maximum Gasteiger partial charge on any atom is 0.190 e. The van der Waals surface area contributed by atoms with Crippen LogP contribution in [0.3, 0.4) is 0 Å². The van der Waals surface area contributed by atoms with Gasteiger partial charge < -0.3 is 4.90 Å². The highest BCUT2D eigenvalue weighted by atomic mass is 32.1. The van der Waals surface area contributed by atoms with Crippen LogP contribution in [0.1, 0.15) is 22.6 Å². The minimum Gasteiger partial charge on any atom is -0.336 e. The zero-order chi connectivity index (χ0) is 22.0. The third-order valence-corrected chi connectivity index (χ3v) is 5.01. The van der Waals surface area contributed by atoms with Crippen molar-refractivity contribution >= 4 is 23.0 Å². The highest BCUT2D eigenvalue weighted by Crippen LogP contribution is 2.10. The Morgan fingerprint density at radius 1 is 0.719 bits per heavy atom. The maximum absolute atomic E-state index is 5.72. The summed E-state index contributed by atoms with van der Waals surface area (Å²) in [4.78, 5) is 15.3. The van der Waals surface area contributed by atoms with Gasteiger partial charge in [-0.05, 0) is 48.6 Å². The second kappa shape index (κ2) is 10.9. The summed E-state index contributed by atoms with van der Waals surface area (Å²) >= 11 is 5.72. The molecular weight excluding hydrogens is 416 g/mol. The smallest absolute Gasteiger partial charge is 0.190 e. The molecule has 0 aliphatic rings. The first-order chi connectivity index (χ1) is 15.8. The molecule has 0 fully saturated rings. The first-order valence-corrected chi connectivity index (χ1v) is 10.6. The predicted octanol–water partition coefficient (Wildman–Crippen LogP) is 4.20. The van der Waals surface area contributed by atoms with Gasteiger partial charge in [0.05, 0.1) is 30.2 Å². The number of thiocarbonyl (C=S) groups is 1. The van der Waals surface area contributed by atoms with E-state index in [0.717, 1.165) is 22.6 Å². The molecule has 0 aliphatic heterocycles. The average molecular weight is 439 g/mol. The van der Waals surface area contributed by atoms with Gasteiger partial charge in [0.15, 0.2) is 5.11 Å². The molecule has 0 unspecified atom stereocenters. The SMILES string of the molecule is S=C(N/N=C(/c1ccccc1)c1ccccn1)N(Cc1ccccn1)Cc1ccccn1. The van der Waals surface area contributed by atoms with E-state index in [-0.39, 0.29) is 0 Å². The Kier molecular flexibility index (Phi) is 7.23. The Balaban J connectivity index is 1.59. The molecular formula is C25H22N6S. The molecule has 32 heavy (non-hydrogen) atoms. The van der Waals surface area contributed by atoms with Gasteiger partial charge in [-0.1, -0.05) is 48.5 Å². The first kappa shape index (κ1) is 21.3. The van der Waals surface area contributed by atoms with Gasteiger partial charge in [-0.3, -0.25) is 20.4 Å². The molecule has 158 valence electrons. The van der Waals surface area contributed by atoms with Crippen molar-refractivity contribution in [1.29, 1.82) is 0 Å².